The van der Waals surface area contributed by atoms with Crippen molar-refractivity contribution in [2.45, 2.75) is 19.4 Å². The summed E-state index contributed by atoms with van der Waals surface area (Å²) >= 11 is 0. The summed E-state index contributed by atoms with van der Waals surface area (Å²) in [6.07, 6.45) is 5.38. The lowest BCUT2D eigenvalue weighted by Gasteiger charge is -2.14. The molecule has 0 aliphatic rings. The molecule has 0 saturated carbocycles. The molecule has 2 rings (SSSR count). The smallest absolute Gasteiger partial charge is 0.251 e. The summed E-state index contributed by atoms with van der Waals surface area (Å²) in [5, 5.41) is 7.94. The molecule has 3 N–H and O–H groups in total. The molecule has 3 amide bonds. The van der Waals surface area contributed by atoms with Crippen LogP contribution >= 0.6 is 0 Å². The Hall–Kier alpha value is -3.59. The van der Waals surface area contributed by atoms with Gasteiger partial charge in [0.05, 0.1) is 6.54 Å². The van der Waals surface area contributed by atoms with Crippen LogP contribution in [-0.4, -0.2) is 30.3 Å². The zero-order valence-corrected chi connectivity index (χ0v) is 15.0. The predicted octanol–water partition coefficient (Wildman–Crippen LogP) is 1.93. The van der Waals surface area contributed by atoms with Crippen molar-refractivity contribution in [2.75, 3.05) is 11.9 Å². The lowest BCUT2D eigenvalue weighted by atomic mass is 10.1. The van der Waals surface area contributed by atoms with Crippen molar-refractivity contribution >= 4 is 23.4 Å². The molecule has 0 radical (unpaired) electrons. The van der Waals surface area contributed by atoms with Gasteiger partial charge in [0.1, 0.15) is 0 Å². The van der Waals surface area contributed by atoms with Crippen LogP contribution in [0.1, 0.15) is 29.3 Å². The average molecular weight is 363 g/mol. The Morgan fingerprint density at radius 3 is 2.48 bits per heavy atom. The Morgan fingerprint density at radius 2 is 1.78 bits per heavy atom. The van der Waals surface area contributed by atoms with Crippen molar-refractivity contribution in [2.24, 2.45) is 0 Å². The van der Waals surface area contributed by atoms with Gasteiger partial charge in [-0.3, -0.25) is 14.4 Å². The Labute approximate surface area is 158 Å². The van der Waals surface area contributed by atoms with Gasteiger partial charge in [-0.15, -0.1) is 6.42 Å². The number of hydrogen-bond acceptors (Lipinski definition) is 3. The molecule has 0 bridgehead atoms. The van der Waals surface area contributed by atoms with E-state index in [0.29, 0.717) is 16.8 Å². The van der Waals surface area contributed by atoms with Crippen LogP contribution < -0.4 is 16.0 Å². The monoisotopic (exact) mass is 363 g/mol. The third kappa shape index (κ3) is 6.67. The first-order valence-electron chi connectivity index (χ1n) is 8.47. The van der Waals surface area contributed by atoms with Crippen molar-refractivity contribution < 1.29 is 14.4 Å². The molecule has 0 saturated heterocycles. The van der Waals surface area contributed by atoms with Gasteiger partial charge in [0, 0.05) is 29.3 Å². The van der Waals surface area contributed by atoms with Crippen molar-refractivity contribution in [1.29, 1.82) is 0 Å². The second kappa shape index (κ2) is 9.78. The second-order valence-corrected chi connectivity index (χ2v) is 5.99. The average Bonchev–Trinajstić information content (AvgIpc) is 2.67. The number of rotatable bonds is 7. The highest BCUT2D eigenvalue weighted by atomic mass is 16.2. The molecule has 0 heterocycles. The maximum atomic E-state index is 12.0. The normalized spacial score (nSPS) is 11.0. The van der Waals surface area contributed by atoms with E-state index in [1.54, 1.807) is 55.5 Å². The van der Waals surface area contributed by atoms with Gasteiger partial charge in [0.2, 0.25) is 11.8 Å². The second-order valence-electron chi connectivity index (χ2n) is 5.99. The van der Waals surface area contributed by atoms with Crippen molar-refractivity contribution in [3.05, 3.63) is 65.7 Å². The van der Waals surface area contributed by atoms with Gasteiger partial charge in [-0.05, 0) is 37.3 Å². The van der Waals surface area contributed by atoms with E-state index in [2.05, 4.69) is 21.9 Å². The topological polar surface area (TPSA) is 87.3 Å². The molecule has 0 aliphatic heterocycles. The van der Waals surface area contributed by atoms with E-state index in [1.165, 1.54) is 0 Å². The minimum Gasteiger partial charge on any atom is -0.349 e. The van der Waals surface area contributed by atoms with Gasteiger partial charge in [-0.2, -0.15) is 0 Å². The molecule has 27 heavy (non-hydrogen) atoms. The first kappa shape index (κ1) is 19.7. The third-order valence-electron chi connectivity index (χ3n) is 3.66. The maximum absolute atomic E-state index is 12.0. The fraction of sp³-hybridized carbons (Fsp3) is 0.190. The van der Waals surface area contributed by atoms with Gasteiger partial charge < -0.3 is 16.0 Å². The lowest BCUT2D eigenvalue weighted by molar-refractivity contribution is -0.124. The first-order valence-corrected chi connectivity index (χ1v) is 8.47. The molecule has 1 unspecified atom stereocenters. The van der Waals surface area contributed by atoms with Crippen LogP contribution in [0, 0.1) is 12.3 Å². The molecule has 1 atom stereocenters. The Bertz CT molecular complexity index is 856. The maximum Gasteiger partial charge on any atom is 0.251 e. The fourth-order valence-electron chi connectivity index (χ4n) is 2.37. The largest absolute Gasteiger partial charge is 0.349 e. The molecule has 138 valence electrons. The Balaban J connectivity index is 1.74. The van der Waals surface area contributed by atoms with E-state index in [1.807, 2.05) is 6.07 Å². The Morgan fingerprint density at radius 1 is 1.04 bits per heavy atom. The van der Waals surface area contributed by atoms with Gasteiger partial charge in [-0.25, -0.2) is 0 Å². The standard InChI is InChI=1S/C21H21N3O3/c1-3-16-8-7-11-18(13-16)24-20(26)14-22-19(25)12-15(2)23-21(27)17-9-5-4-6-10-17/h1,4-11,13,15H,12,14H2,2H3,(H,22,25)(H,23,27)(H,24,26). The van der Waals surface area contributed by atoms with Gasteiger partial charge in [0.15, 0.2) is 0 Å². The van der Waals surface area contributed by atoms with E-state index >= 15 is 0 Å². The summed E-state index contributed by atoms with van der Waals surface area (Å²) in [6.45, 7) is 1.56. The summed E-state index contributed by atoms with van der Waals surface area (Å²) in [5.41, 5.74) is 1.74. The van der Waals surface area contributed by atoms with Gasteiger partial charge in [0.25, 0.3) is 5.91 Å². The van der Waals surface area contributed by atoms with Crippen LogP contribution in [0.3, 0.4) is 0 Å². The fourth-order valence-corrected chi connectivity index (χ4v) is 2.37. The van der Waals surface area contributed by atoms with Crippen LogP contribution in [0.25, 0.3) is 0 Å². The quantitative estimate of drug-likeness (QED) is 0.657. The summed E-state index contributed by atoms with van der Waals surface area (Å²) in [5.74, 6) is 1.54. The summed E-state index contributed by atoms with van der Waals surface area (Å²) in [7, 11) is 0. The van der Waals surface area contributed by atoms with E-state index in [9.17, 15) is 14.4 Å². The molecule has 0 fully saturated rings. The number of carbonyl (C=O) groups excluding carboxylic acids is 3. The third-order valence-corrected chi connectivity index (χ3v) is 3.66. The predicted molar refractivity (Wildman–Crippen MR) is 104 cm³/mol. The molecule has 2 aromatic rings. The van der Waals surface area contributed by atoms with Crippen LogP contribution in [0.15, 0.2) is 54.6 Å². The van der Waals surface area contributed by atoms with Crippen LogP contribution in [0.2, 0.25) is 0 Å². The number of anilines is 1. The Kier molecular flexibility index (Phi) is 7.15. The minimum atomic E-state index is -0.368. The highest BCUT2D eigenvalue weighted by Crippen LogP contribution is 2.09. The van der Waals surface area contributed by atoms with Gasteiger partial charge in [-0.1, -0.05) is 30.2 Å². The molecular weight excluding hydrogens is 342 g/mol. The van der Waals surface area contributed by atoms with Crippen molar-refractivity contribution in [1.82, 2.24) is 10.6 Å². The number of terminal acetylenes is 1. The van der Waals surface area contributed by atoms with Gasteiger partial charge >= 0.3 is 0 Å². The lowest BCUT2D eigenvalue weighted by Crippen LogP contribution is -2.39. The van der Waals surface area contributed by atoms with Crippen molar-refractivity contribution in [3.8, 4) is 12.3 Å². The first-order chi connectivity index (χ1) is 13.0. The molecule has 6 heteroatoms. The SMILES string of the molecule is C#Cc1cccc(NC(=O)CNC(=O)CC(C)NC(=O)c2ccccc2)c1. The van der Waals surface area contributed by atoms with E-state index in [-0.39, 0.29) is 36.7 Å². The van der Waals surface area contributed by atoms with Crippen molar-refractivity contribution in [3.63, 3.8) is 0 Å². The molecule has 6 nitrogen and oxygen atoms in total. The number of carbonyl (C=O) groups is 3. The van der Waals surface area contributed by atoms with E-state index < -0.39 is 0 Å². The minimum absolute atomic E-state index is 0.0679. The summed E-state index contributed by atoms with van der Waals surface area (Å²) in [4.78, 5) is 35.9. The van der Waals surface area contributed by atoms with E-state index in [4.69, 9.17) is 6.42 Å². The summed E-state index contributed by atoms with van der Waals surface area (Å²) in [6, 6.07) is 15.2. The van der Waals surface area contributed by atoms with Crippen LogP contribution in [0.4, 0.5) is 5.69 Å². The van der Waals surface area contributed by atoms with Crippen LogP contribution in [-0.2, 0) is 9.59 Å². The number of hydrogen-bond donors (Lipinski definition) is 3. The molecule has 0 spiro atoms. The molecular formula is C21H21N3O3. The highest BCUT2D eigenvalue weighted by molar-refractivity contribution is 5.96. The number of amides is 3. The van der Waals surface area contributed by atoms with E-state index in [0.717, 1.165) is 0 Å². The molecule has 0 aromatic heterocycles. The summed E-state index contributed by atoms with van der Waals surface area (Å²) < 4.78 is 0. The number of nitrogens with one attached hydrogen (secondary N) is 3. The zero-order chi connectivity index (χ0) is 19.6. The highest BCUT2D eigenvalue weighted by Gasteiger charge is 2.14. The number of benzene rings is 2. The van der Waals surface area contributed by atoms with Crippen LogP contribution in [0.5, 0.6) is 0 Å². The molecule has 2 aromatic carbocycles. The molecule has 0 aliphatic carbocycles. The zero-order valence-electron chi connectivity index (χ0n) is 15.0.